The Labute approximate surface area is 214 Å². The van der Waals surface area contributed by atoms with E-state index in [0.717, 1.165) is 9.87 Å². The molecular weight excluding hydrogens is 515 g/mol. The summed E-state index contributed by atoms with van der Waals surface area (Å²) >= 11 is 12.3. The molecule has 0 unspecified atom stereocenters. The number of ether oxygens (including phenoxy) is 3. The maximum Gasteiger partial charge on any atom is 0.264 e. The van der Waals surface area contributed by atoms with Crippen molar-refractivity contribution in [3.63, 3.8) is 0 Å². The van der Waals surface area contributed by atoms with Gasteiger partial charge >= 0.3 is 0 Å². The van der Waals surface area contributed by atoms with Gasteiger partial charge in [-0.15, -0.1) is 0 Å². The van der Waals surface area contributed by atoms with Gasteiger partial charge in [0.25, 0.3) is 10.0 Å². The molecule has 0 aliphatic heterocycles. The third-order valence-corrected chi connectivity index (χ3v) is 7.36. The van der Waals surface area contributed by atoms with Crippen LogP contribution in [-0.2, 0) is 14.8 Å². The number of carbonyl (C=O) groups is 1. The van der Waals surface area contributed by atoms with Crippen LogP contribution >= 0.6 is 23.2 Å². The fraction of sp³-hybridized carbons (Fsp3) is 0.208. The van der Waals surface area contributed by atoms with Crippen LogP contribution < -0.4 is 23.8 Å². The summed E-state index contributed by atoms with van der Waals surface area (Å²) in [6, 6.07) is 13.8. The van der Waals surface area contributed by atoms with Crippen LogP contribution in [0.25, 0.3) is 0 Å². The highest BCUT2D eigenvalue weighted by Gasteiger charge is 2.30. The quantitative estimate of drug-likeness (QED) is 0.404. The van der Waals surface area contributed by atoms with Crippen LogP contribution in [0.5, 0.6) is 17.2 Å². The van der Waals surface area contributed by atoms with Crippen LogP contribution in [0.2, 0.25) is 10.0 Å². The third kappa shape index (κ3) is 5.93. The lowest BCUT2D eigenvalue weighted by Crippen LogP contribution is -2.38. The number of anilines is 2. The van der Waals surface area contributed by atoms with Gasteiger partial charge in [0, 0.05) is 17.2 Å². The topological polar surface area (TPSA) is 94.2 Å². The summed E-state index contributed by atoms with van der Waals surface area (Å²) in [5, 5.41) is 3.23. The summed E-state index contributed by atoms with van der Waals surface area (Å²) in [5.74, 6) is 0.162. The van der Waals surface area contributed by atoms with E-state index in [1.165, 1.54) is 57.7 Å². The lowest BCUT2D eigenvalue weighted by atomic mass is 10.2. The van der Waals surface area contributed by atoms with E-state index in [-0.39, 0.29) is 37.8 Å². The Hall–Kier alpha value is -3.14. The minimum atomic E-state index is -4.19. The minimum absolute atomic E-state index is 0.00340. The second-order valence-electron chi connectivity index (χ2n) is 7.38. The maximum absolute atomic E-state index is 13.7. The molecule has 0 aromatic heterocycles. The molecule has 0 heterocycles. The van der Waals surface area contributed by atoms with Gasteiger partial charge in [-0.05, 0) is 37.3 Å². The molecular formula is C24H24Cl2N2O6S. The zero-order chi connectivity index (χ0) is 25.8. The van der Waals surface area contributed by atoms with Crippen molar-refractivity contribution in [1.29, 1.82) is 0 Å². The predicted molar refractivity (Wildman–Crippen MR) is 137 cm³/mol. The third-order valence-electron chi connectivity index (χ3n) is 5.05. The van der Waals surface area contributed by atoms with Gasteiger partial charge in [-0.2, -0.15) is 0 Å². The Morgan fingerprint density at radius 3 is 2.11 bits per heavy atom. The molecule has 0 spiro atoms. The number of amides is 1. The number of methoxy groups -OCH3 is 3. The van der Waals surface area contributed by atoms with E-state index >= 15 is 0 Å². The molecule has 0 bridgehead atoms. The van der Waals surface area contributed by atoms with Gasteiger partial charge < -0.3 is 19.5 Å². The number of hydrogen-bond donors (Lipinski definition) is 1. The van der Waals surface area contributed by atoms with E-state index in [9.17, 15) is 13.2 Å². The Morgan fingerprint density at radius 2 is 1.51 bits per heavy atom. The summed E-state index contributed by atoms with van der Waals surface area (Å²) in [4.78, 5) is 13.1. The molecule has 1 N–H and O–H groups in total. The molecule has 3 rings (SSSR count). The molecule has 0 atom stereocenters. The lowest BCUT2D eigenvalue weighted by Gasteiger charge is -2.26. The van der Waals surface area contributed by atoms with E-state index in [0.29, 0.717) is 5.75 Å². The van der Waals surface area contributed by atoms with Crippen LogP contribution in [0.15, 0.2) is 59.5 Å². The van der Waals surface area contributed by atoms with Crippen molar-refractivity contribution >= 4 is 50.5 Å². The summed E-state index contributed by atoms with van der Waals surface area (Å²) in [5.41, 5.74) is 1.25. The summed E-state index contributed by atoms with van der Waals surface area (Å²) in [6.07, 6.45) is 0. The first-order chi connectivity index (χ1) is 16.6. The SMILES string of the molecule is COc1cc(NC(=O)CN(c2cc(Cl)ccc2OC)S(=O)(=O)c2ccc(C)cc2)c(OC)cc1Cl. The second kappa shape index (κ2) is 11.1. The van der Waals surface area contributed by atoms with E-state index in [2.05, 4.69) is 5.32 Å². The predicted octanol–water partition coefficient (Wildman–Crippen LogP) is 5.16. The van der Waals surface area contributed by atoms with Gasteiger partial charge in [-0.25, -0.2) is 8.42 Å². The van der Waals surface area contributed by atoms with Gasteiger partial charge in [0.1, 0.15) is 23.8 Å². The fourth-order valence-electron chi connectivity index (χ4n) is 3.27. The second-order valence-corrected chi connectivity index (χ2v) is 10.1. The van der Waals surface area contributed by atoms with E-state index in [1.807, 2.05) is 6.92 Å². The molecule has 8 nitrogen and oxygen atoms in total. The standard InChI is InChI=1S/C24H24Cl2N2O6S/c1-15-5-8-17(9-6-15)35(30,31)28(20-11-16(25)7-10-21(20)32-2)14-24(29)27-19-13-22(33-3)18(26)12-23(19)34-4/h5-13H,14H2,1-4H3,(H,27,29). The minimum Gasteiger partial charge on any atom is -0.495 e. The highest BCUT2D eigenvalue weighted by Crippen LogP contribution is 2.37. The summed E-state index contributed by atoms with van der Waals surface area (Å²) in [7, 11) is 0.0578. The first kappa shape index (κ1) is 26.5. The first-order valence-corrected chi connectivity index (χ1v) is 12.4. The Balaban J connectivity index is 2.05. The number of halogens is 2. The molecule has 0 fully saturated rings. The van der Waals surface area contributed by atoms with Crippen LogP contribution in [0.3, 0.4) is 0 Å². The van der Waals surface area contributed by atoms with Crippen LogP contribution in [0.1, 0.15) is 5.56 Å². The highest BCUT2D eigenvalue weighted by molar-refractivity contribution is 7.92. The van der Waals surface area contributed by atoms with Gasteiger partial charge in [0.15, 0.2) is 0 Å². The molecule has 3 aromatic carbocycles. The van der Waals surface area contributed by atoms with Crippen LogP contribution in [0.4, 0.5) is 11.4 Å². The van der Waals surface area contributed by atoms with Gasteiger partial charge in [-0.1, -0.05) is 40.9 Å². The molecule has 0 aliphatic rings. The number of benzene rings is 3. The van der Waals surface area contributed by atoms with Crippen LogP contribution in [-0.4, -0.2) is 42.2 Å². The van der Waals surface area contributed by atoms with Crippen molar-refractivity contribution in [2.75, 3.05) is 37.5 Å². The van der Waals surface area contributed by atoms with Gasteiger partial charge in [-0.3, -0.25) is 9.10 Å². The smallest absolute Gasteiger partial charge is 0.264 e. The lowest BCUT2D eigenvalue weighted by molar-refractivity contribution is -0.114. The zero-order valence-electron chi connectivity index (χ0n) is 19.5. The number of hydrogen-bond acceptors (Lipinski definition) is 6. The molecule has 0 saturated heterocycles. The Kier molecular flexibility index (Phi) is 8.37. The van der Waals surface area contributed by atoms with Gasteiger partial charge in [0.2, 0.25) is 5.91 Å². The van der Waals surface area contributed by atoms with E-state index in [4.69, 9.17) is 37.4 Å². The van der Waals surface area contributed by atoms with Crippen molar-refractivity contribution in [3.05, 3.63) is 70.2 Å². The average Bonchev–Trinajstić information content (AvgIpc) is 2.83. The number of nitrogens with one attached hydrogen (secondary N) is 1. The molecule has 35 heavy (non-hydrogen) atoms. The molecule has 11 heteroatoms. The van der Waals surface area contributed by atoms with Crippen molar-refractivity contribution in [3.8, 4) is 17.2 Å². The largest absolute Gasteiger partial charge is 0.495 e. The number of sulfonamides is 1. The molecule has 186 valence electrons. The van der Waals surface area contributed by atoms with Crippen molar-refractivity contribution < 1.29 is 27.4 Å². The molecule has 1 amide bonds. The Morgan fingerprint density at radius 1 is 0.886 bits per heavy atom. The molecule has 0 aliphatic carbocycles. The summed E-state index contributed by atoms with van der Waals surface area (Å²) in [6.45, 7) is 1.26. The van der Waals surface area contributed by atoms with Crippen molar-refractivity contribution in [1.82, 2.24) is 0 Å². The van der Waals surface area contributed by atoms with Gasteiger partial charge in [0.05, 0.1) is 42.6 Å². The monoisotopic (exact) mass is 538 g/mol. The van der Waals surface area contributed by atoms with Crippen molar-refractivity contribution in [2.45, 2.75) is 11.8 Å². The molecule has 3 aromatic rings. The normalized spacial score (nSPS) is 11.0. The average molecular weight is 539 g/mol. The highest BCUT2D eigenvalue weighted by atomic mass is 35.5. The summed E-state index contributed by atoms with van der Waals surface area (Å²) < 4.78 is 44.1. The Bertz CT molecular complexity index is 1330. The number of aryl methyl sites for hydroxylation is 1. The number of nitrogens with zero attached hydrogens (tertiary/aromatic N) is 1. The first-order valence-electron chi connectivity index (χ1n) is 10.2. The maximum atomic E-state index is 13.7. The fourth-order valence-corrected chi connectivity index (χ4v) is 5.09. The molecule has 0 saturated carbocycles. The van der Waals surface area contributed by atoms with E-state index in [1.54, 1.807) is 18.2 Å². The van der Waals surface area contributed by atoms with Crippen molar-refractivity contribution in [2.24, 2.45) is 0 Å². The van der Waals surface area contributed by atoms with E-state index < -0.39 is 22.5 Å². The van der Waals surface area contributed by atoms with Crippen LogP contribution in [0, 0.1) is 6.92 Å². The zero-order valence-corrected chi connectivity index (χ0v) is 21.8. The number of rotatable bonds is 9. The number of carbonyl (C=O) groups excluding carboxylic acids is 1. The molecule has 0 radical (unpaired) electrons.